The Morgan fingerprint density at radius 1 is 1.27 bits per heavy atom. The lowest BCUT2D eigenvalue weighted by molar-refractivity contribution is 0.152. The first-order valence-corrected chi connectivity index (χ1v) is 6.57. The van der Waals surface area contributed by atoms with Crippen molar-refractivity contribution in [2.75, 3.05) is 12.4 Å². The molecule has 0 aliphatic heterocycles. The molecule has 0 aliphatic carbocycles. The van der Waals surface area contributed by atoms with Crippen molar-refractivity contribution in [3.05, 3.63) is 47.9 Å². The number of nitrogens with one attached hydrogen (secondary N) is 1. The second-order valence-corrected chi connectivity index (χ2v) is 4.73. The van der Waals surface area contributed by atoms with Gasteiger partial charge < -0.3 is 10.4 Å². The van der Waals surface area contributed by atoms with E-state index in [1.807, 2.05) is 0 Å². The summed E-state index contributed by atoms with van der Waals surface area (Å²) in [4.78, 5) is 8.20. The lowest BCUT2D eigenvalue weighted by Crippen LogP contribution is -2.11. The Labute approximate surface area is 124 Å². The molecule has 0 saturated carbocycles. The summed E-state index contributed by atoms with van der Waals surface area (Å²) in [7, 11) is 1.73. The van der Waals surface area contributed by atoms with Gasteiger partial charge in [0.05, 0.1) is 24.2 Å². The number of benzene rings is 1. The molecule has 22 heavy (non-hydrogen) atoms. The molecule has 3 aromatic rings. The number of hydrogen-bond donors (Lipinski definition) is 2. The molecule has 1 atom stereocenters. The second-order valence-electron chi connectivity index (χ2n) is 4.73. The fraction of sp³-hybridized carbons (Fsp3) is 0.214. The number of aliphatic hydroxyl groups is 1. The van der Waals surface area contributed by atoms with Gasteiger partial charge in [0.25, 0.3) is 0 Å². The molecular formula is C14H13F2N5O. The summed E-state index contributed by atoms with van der Waals surface area (Å²) in [5.41, 5.74) is 0.812. The molecule has 2 aromatic heterocycles. The molecule has 0 saturated heterocycles. The Morgan fingerprint density at radius 3 is 2.82 bits per heavy atom. The normalized spacial score (nSPS) is 12.5. The summed E-state index contributed by atoms with van der Waals surface area (Å²) in [6.07, 6.45) is 1.93. The zero-order chi connectivity index (χ0) is 15.7. The molecule has 6 nitrogen and oxygen atoms in total. The van der Waals surface area contributed by atoms with E-state index in [9.17, 15) is 13.9 Å². The first-order valence-electron chi connectivity index (χ1n) is 6.57. The van der Waals surface area contributed by atoms with E-state index in [-0.39, 0.29) is 12.1 Å². The van der Waals surface area contributed by atoms with E-state index < -0.39 is 17.7 Å². The highest BCUT2D eigenvalue weighted by molar-refractivity contribution is 5.85. The van der Waals surface area contributed by atoms with Crippen molar-refractivity contribution in [1.82, 2.24) is 19.7 Å². The molecule has 8 heteroatoms. The predicted octanol–water partition coefficient (Wildman–Crippen LogP) is 1.88. The molecule has 0 fully saturated rings. The van der Waals surface area contributed by atoms with Crippen LogP contribution in [0.15, 0.2) is 30.7 Å². The third kappa shape index (κ3) is 2.48. The molecule has 0 amide bonds. The van der Waals surface area contributed by atoms with Crippen molar-refractivity contribution in [3.8, 4) is 0 Å². The summed E-state index contributed by atoms with van der Waals surface area (Å²) >= 11 is 0. The molecule has 0 bridgehead atoms. The van der Waals surface area contributed by atoms with Crippen LogP contribution in [0.5, 0.6) is 0 Å². The third-order valence-electron chi connectivity index (χ3n) is 3.34. The predicted molar refractivity (Wildman–Crippen MR) is 76.2 cm³/mol. The van der Waals surface area contributed by atoms with Crippen LogP contribution >= 0.6 is 0 Å². The van der Waals surface area contributed by atoms with Gasteiger partial charge in [0.15, 0.2) is 17.3 Å². The maximum Gasteiger partial charge on any atom is 0.163 e. The zero-order valence-electron chi connectivity index (χ0n) is 11.7. The standard InChI is InChI=1S/C14H13F2N5O/c1-17-13-9-5-20-21(14(9)19-7-18-13)6-12(22)8-2-3-10(15)11(16)4-8/h2-5,7,12,22H,6H2,1H3,(H,17,18,19). The Bertz CT molecular complexity index is 820. The first-order chi connectivity index (χ1) is 10.6. The van der Waals surface area contributed by atoms with Crippen molar-refractivity contribution in [3.63, 3.8) is 0 Å². The average molecular weight is 305 g/mol. The number of anilines is 1. The highest BCUT2D eigenvalue weighted by atomic mass is 19.2. The van der Waals surface area contributed by atoms with E-state index in [1.165, 1.54) is 17.1 Å². The topological polar surface area (TPSA) is 75.9 Å². The number of aromatic nitrogens is 4. The minimum absolute atomic E-state index is 0.0642. The highest BCUT2D eigenvalue weighted by Gasteiger charge is 2.15. The van der Waals surface area contributed by atoms with Crippen LogP contribution in [-0.4, -0.2) is 31.9 Å². The fourth-order valence-corrected chi connectivity index (χ4v) is 2.21. The summed E-state index contributed by atoms with van der Waals surface area (Å²) in [5, 5.41) is 18.0. The molecule has 1 aromatic carbocycles. The summed E-state index contributed by atoms with van der Waals surface area (Å²) in [6.45, 7) is 0.0642. The number of aliphatic hydroxyl groups excluding tert-OH is 1. The number of rotatable bonds is 4. The van der Waals surface area contributed by atoms with Crippen molar-refractivity contribution in [1.29, 1.82) is 0 Å². The van der Waals surface area contributed by atoms with Crippen LogP contribution in [0.2, 0.25) is 0 Å². The molecule has 114 valence electrons. The van der Waals surface area contributed by atoms with Crippen LogP contribution in [0.3, 0.4) is 0 Å². The van der Waals surface area contributed by atoms with Gasteiger partial charge in [0, 0.05) is 7.05 Å². The van der Waals surface area contributed by atoms with Crippen LogP contribution in [0, 0.1) is 11.6 Å². The molecule has 2 N–H and O–H groups in total. The molecule has 1 unspecified atom stereocenters. The fourth-order valence-electron chi connectivity index (χ4n) is 2.21. The largest absolute Gasteiger partial charge is 0.386 e. The molecule has 0 aliphatic rings. The molecule has 0 radical (unpaired) electrons. The van der Waals surface area contributed by atoms with Crippen LogP contribution < -0.4 is 5.32 Å². The third-order valence-corrected chi connectivity index (χ3v) is 3.34. The maximum absolute atomic E-state index is 13.2. The molecule has 0 spiro atoms. The van der Waals surface area contributed by atoms with Crippen LogP contribution in [0.25, 0.3) is 11.0 Å². The quantitative estimate of drug-likeness (QED) is 0.770. The van der Waals surface area contributed by atoms with Crippen LogP contribution in [0.1, 0.15) is 11.7 Å². The minimum Gasteiger partial charge on any atom is -0.386 e. The van der Waals surface area contributed by atoms with E-state index in [1.54, 1.807) is 13.2 Å². The van der Waals surface area contributed by atoms with E-state index in [4.69, 9.17) is 0 Å². The van der Waals surface area contributed by atoms with Gasteiger partial charge in [-0.3, -0.25) is 0 Å². The van der Waals surface area contributed by atoms with Gasteiger partial charge in [-0.05, 0) is 17.7 Å². The molecule has 2 heterocycles. The van der Waals surface area contributed by atoms with Crippen LogP contribution in [0.4, 0.5) is 14.6 Å². The van der Waals surface area contributed by atoms with Crippen LogP contribution in [-0.2, 0) is 6.54 Å². The lowest BCUT2D eigenvalue weighted by Gasteiger charge is -2.12. The maximum atomic E-state index is 13.2. The van der Waals surface area contributed by atoms with Gasteiger partial charge in [-0.15, -0.1) is 0 Å². The molecular weight excluding hydrogens is 292 g/mol. The number of hydrogen-bond acceptors (Lipinski definition) is 5. The number of halogens is 2. The Hall–Kier alpha value is -2.61. The van der Waals surface area contributed by atoms with E-state index in [0.717, 1.165) is 12.1 Å². The minimum atomic E-state index is -1.04. The van der Waals surface area contributed by atoms with Gasteiger partial charge in [-0.25, -0.2) is 23.4 Å². The smallest absolute Gasteiger partial charge is 0.163 e. The van der Waals surface area contributed by atoms with Crippen molar-refractivity contribution in [2.45, 2.75) is 12.6 Å². The average Bonchev–Trinajstić information content (AvgIpc) is 2.93. The second kappa shape index (κ2) is 5.64. The Kier molecular flexibility index (Phi) is 3.68. The van der Waals surface area contributed by atoms with Gasteiger partial charge in [0.1, 0.15) is 12.1 Å². The van der Waals surface area contributed by atoms with E-state index in [0.29, 0.717) is 16.9 Å². The van der Waals surface area contributed by atoms with Gasteiger partial charge in [-0.2, -0.15) is 5.10 Å². The summed E-state index contributed by atoms with van der Waals surface area (Å²) in [5.74, 6) is -1.33. The first kappa shape index (κ1) is 14.3. The van der Waals surface area contributed by atoms with Gasteiger partial charge >= 0.3 is 0 Å². The Balaban J connectivity index is 1.91. The summed E-state index contributed by atoms with van der Waals surface area (Å²) < 4.78 is 27.7. The Morgan fingerprint density at radius 2 is 2.09 bits per heavy atom. The number of nitrogens with zero attached hydrogens (tertiary/aromatic N) is 4. The lowest BCUT2D eigenvalue weighted by atomic mass is 10.1. The highest BCUT2D eigenvalue weighted by Crippen LogP contribution is 2.22. The van der Waals surface area contributed by atoms with E-state index in [2.05, 4.69) is 20.4 Å². The van der Waals surface area contributed by atoms with Crippen molar-refractivity contribution >= 4 is 16.9 Å². The van der Waals surface area contributed by atoms with E-state index >= 15 is 0 Å². The van der Waals surface area contributed by atoms with Crippen molar-refractivity contribution < 1.29 is 13.9 Å². The van der Waals surface area contributed by atoms with Gasteiger partial charge in [0.2, 0.25) is 0 Å². The summed E-state index contributed by atoms with van der Waals surface area (Å²) in [6, 6.07) is 3.29. The zero-order valence-corrected chi connectivity index (χ0v) is 11.7. The number of fused-ring (bicyclic) bond motifs is 1. The SMILES string of the molecule is CNc1ncnc2c1cnn2CC(O)c1ccc(F)c(F)c1. The van der Waals surface area contributed by atoms with Crippen molar-refractivity contribution in [2.24, 2.45) is 0 Å². The monoisotopic (exact) mass is 305 g/mol. The van der Waals surface area contributed by atoms with Gasteiger partial charge in [-0.1, -0.05) is 6.07 Å². The molecule has 3 rings (SSSR count).